The summed E-state index contributed by atoms with van der Waals surface area (Å²) in [5, 5.41) is 4.87. The number of halogens is 1. The molecule has 0 aromatic heterocycles. The summed E-state index contributed by atoms with van der Waals surface area (Å²) in [5.74, 6) is -2.09. The van der Waals surface area contributed by atoms with E-state index in [1.54, 1.807) is 4.90 Å². The van der Waals surface area contributed by atoms with Crippen molar-refractivity contribution in [1.82, 2.24) is 10.2 Å². The largest absolute Gasteiger partial charge is 0.326 e. The van der Waals surface area contributed by atoms with E-state index < -0.39 is 29.7 Å². The van der Waals surface area contributed by atoms with E-state index in [2.05, 4.69) is 10.6 Å². The van der Waals surface area contributed by atoms with Crippen LogP contribution >= 0.6 is 0 Å². The molecule has 1 saturated heterocycles. The van der Waals surface area contributed by atoms with Crippen molar-refractivity contribution >= 4 is 35.1 Å². The number of nitrogens with zero attached hydrogens (tertiary/aromatic N) is 2. The van der Waals surface area contributed by atoms with Crippen molar-refractivity contribution in [1.29, 1.82) is 0 Å². The minimum Gasteiger partial charge on any atom is -0.322 e. The van der Waals surface area contributed by atoms with E-state index >= 15 is 0 Å². The predicted molar refractivity (Wildman–Crippen MR) is 114 cm³/mol. The maximum Gasteiger partial charge on any atom is 0.326 e. The molecule has 0 saturated carbocycles. The van der Waals surface area contributed by atoms with Gasteiger partial charge in [-0.05, 0) is 49.1 Å². The lowest BCUT2D eigenvalue weighted by molar-refractivity contribution is -0.136. The fourth-order valence-electron chi connectivity index (χ4n) is 4.74. The minimum absolute atomic E-state index is 0.0248. The average molecular weight is 436 g/mol. The summed E-state index contributed by atoms with van der Waals surface area (Å²) in [6.07, 6.45) is 1.08. The Hall–Kier alpha value is -3.75. The van der Waals surface area contributed by atoms with E-state index in [0.717, 1.165) is 17.3 Å². The SMILES string of the molecule is CC1Cc2ccccc2N1C(=O)Nc1cc2c(cc1F)C(=O)N(C1CCC(=O)NC1=O)C2. The van der Waals surface area contributed by atoms with Gasteiger partial charge in [0.1, 0.15) is 11.9 Å². The molecule has 9 heteroatoms. The van der Waals surface area contributed by atoms with Crippen LogP contribution in [0.15, 0.2) is 36.4 Å². The first-order chi connectivity index (χ1) is 15.3. The zero-order valence-corrected chi connectivity index (χ0v) is 17.4. The summed E-state index contributed by atoms with van der Waals surface area (Å²) in [6, 6.07) is 8.82. The average Bonchev–Trinajstić information content (AvgIpc) is 3.24. The molecule has 32 heavy (non-hydrogen) atoms. The number of piperidine rings is 1. The summed E-state index contributed by atoms with van der Waals surface area (Å²) in [5.41, 5.74) is 2.49. The van der Waals surface area contributed by atoms with Gasteiger partial charge in [0, 0.05) is 30.3 Å². The van der Waals surface area contributed by atoms with Crippen LogP contribution in [0.3, 0.4) is 0 Å². The molecule has 3 aliphatic rings. The standard InChI is InChI=1S/C23H21FN4O4/c1-12-8-13-4-2-3-5-18(13)28(12)23(32)25-17-9-14-11-27(22(31)15(14)10-16(17)24)19-6-7-20(29)26-21(19)30/h2-5,9-10,12,19H,6-8,11H2,1H3,(H,25,32)(H,26,29,30). The van der Waals surface area contributed by atoms with E-state index in [0.29, 0.717) is 12.0 Å². The van der Waals surface area contributed by atoms with Crippen LogP contribution in [-0.2, 0) is 22.6 Å². The molecule has 5 rings (SSSR count). The number of urea groups is 1. The van der Waals surface area contributed by atoms with Gasteiger partial charge in [0.05, 0.1) is 5.69 Å². The molecular weight excluding hydrogens is 415 g/mol. The molecule has 2 aromatic rings. The number of imide groups is 1. The van der Waals surface area contributed by atoms with Crippen molar-refractivity contribution in [3.63, 3.8) is 0 Å². The quantitative estimate of drug-likeness (QED) is 0.707. The highest BCUT2D eigenvalue weighted by molar-refractivity contribution is 6.07. The zero-order valence-electron chi connectivity index (χ0n) is 17.4. The van der Waals surface area contributed by atoms with Crippen molar-refractivity contribution < 1.29 is 23.6 Å². The third-order valence-corrected chi connectivity index (χ3v) is 6.28. The molecule has 0 radical (unpaired) electrons. The Labute approximate surface area is 183 Å². The van der Waals surface area contributed by atoms with Crippen molar-refractivity contribution in [2.24, 2.45) is 0 Å². The molecule has 2 N–H and O–H groups in total. The molecule has 2 unspecified atom stereocenters. The highest BCUT2D eigenvalue weighted by Crippen LogP contribution is 2.34. The Bertz CT molecular complexity index is 1180. The van der Waals surface area contributed by atoms with Crippen LogP contribution in [0.2, 0.25) is 0 Å². The van der Waals surface area contributed by atoms with Crippen LogP contribution in [0, 0.1) is 5.82 Å². The number of amides is 5. The van der Waals surface area contributed by atoms with Crippen LogP contribution in [0.4, 0.5) is 20.6 Å². The monoisotopic (exact) mass is 436 g/mol. The van der Waals surface area contributed by atoms with Gasteiger partial charge in [-0.25, -0.2) is 9.18 Å². The molecule has 5 amide bonds. The third-order valence-electron chi connectivity index (χ3n) is 6.28. The summed E-state index contributed by atoms with van der Waals surface area (Å²) >= 11 is 0. The van der Waals surface area contributed by atoms with Crippen LogP contribution < -0.4 is 15.5 Å². The summed E-state index contributed by atoms with van der Waals surface area (Å²) in [6.45, 7) is 2.03. The Kier molecular flexibility index (Phi) is 4.69. The van der Waals surface area contributed by atoms with Crippen molar-refractivity contribution in [3.8, 4) is 0 Å². The van der Waals surface area contributed by atoms with Gasteiger partial charge in [-0.2, -0.15) is 0 Å². The normalized spacial score (nSPS) is 22.0. The molecule has 164 valence electrons. The first-order valence-corrected chi connectivity index (χ1v) is 10.5. The lowest BCUT2D eigenvalue weighted by Crippen LogP contribution is -2.52. The molecule has 1 fully saturated rings. The first-order valence-electron chi connectivity index (χ1n) is 10.5. The van der Waals surface area contributed by atoms with Gasteiger partial charge >= 0.3 is 6.03 Å². The highest BCUT2D eigenvalue weighted by atomic mass is 19.1. The number of carbonyl (C=O) groups is 4. The number of rotatable bonds is 2. The van der Waals surface area contributed by atoms with E-state index in [1.165, 1.54) is 11.0 Å². The molecule has 0 spiro atoms. The van der Waals surface area contributed by atoms with Gasteiger partial charge < -0.3 is 10.2 Å². The summed E-state index contributed by atoms with van der Waals surface area (Å²) < 4.78 is 14.8. The molecule has 0 aliphatic carbocycles. The third kappa shape index (κ3) is 3.21. The number of hydrogen-bond donors (Lipinski definition) is 2. The number of anilines is 2. The van der Waals surface area contributed by atoms with Gasteiger partial charge in [-0.3, -0.25) is 24.6 Å². The second kappa shape index (κ2) is 7.44. The van der Waals surface area contributed by atoms with Crippen LogP contribution in [0.25, 0.3) is 0 Å². The summed E-state index contributed by atoms with van der Waals surface area (Å²) in [7, 11) is 0. The van der Waals surface area contributed by atoms with E-state index in [-0.39, 0.29) is 42.6 Å². The second-order valence-corrected chi connectivity index (χ2v) is 8.37. The van der Waals surface area contributed by atoms with Gasteiger partial charge in [-0.15, -0.1) is 0 Å². The lowest BCUT2D eigenvalue weighted by atomic mass is 10.0. The zero-order chi connectivity index (χ0) is 22.6. The van der Waals surface area contributed by atoms with Crippen molar-refractivity contribution in [2.45, 2.75) is 44.8 Å². The Morgan fingerprint density at radius 3 is 2.72 bits per heavy atom. The number of carbonyl (C=O) groups excluding carboxylic acids is 4. The Morgan fingerprint density at radius 1 is 1.16 bits per heavy atom. The lowest BCUT2D eigenvalue weighted by Gasteiger charge is -2.29. The van der Waals surface area contributed by atoms with Gasteiger partial charge in [0.15, 0.2) is 0 Å². The fraction of sp³-hybridized carbons (Fsp3) is 0.304. The number of fused-ring (bicyclic) bond motifs is 2. The van der Waals surface area contributed by atoms with Gasteiger partial charge in [0.25, 0.3) is 5.91 Å². The molecule has 2 aromatic carbocycles. The predicted octanol–water partition coefficient (Wildman–Crippen LogP) is 2.57. The molecule has 0 bridgehead atoms. The molecule has 3 aliphatic heterocycles. The maximum absolute atomic E-state index is 14.8. The molecule has 3 heterocycles. The second-order valence-electron chi connectivity index (χ2n) is 8.37. The minimum atomic E-state index is -0.782. The Morgan fingerprint density at radius 2 is 1.94 bits per heavy atom. The van der Waals surface area contributed by atoms with E-state index in [4.69, 9.17) is 0 Å². The number of hydrogen-bond acceptors (Lipinski definition) is 4. The maximum atomic E-state index is 14.8. The first kappa shape index (κ1) is 20.2. The molecular formula is C23H21FN4O4. The molecule has 2 atom stereocenters. The van der Waals surface area contributed by atoms with E-state index in [9.17, 15) is 23.6 Å². The Balaban J connectivity index is 1.38. The van der Waals surface area contributed by atoms with Crippen LogP contribution in [0.5, 0.6) is 0 Å². The fourth-order valence-corrected chi connectivity index (χ4v) is 4.74. The number of benzene rings is 2. The van der Waals surface area contributed by atoms with Crippen LogP contribution in [-0.4, -0.2) is 40.7 Å². The number of nitrogens with one attached hydrogen (secondary N) is 2. The smallest absolute Gasteiger partial charge is 0.322 e. The van der Waals surface area contributed by atoms with Gasteiger partial charge in [-0.1, -0.05) is 18.2 Å². The van der Waals surface area contributed by atoms with E-state index in [1.807, 2.05) is 31.2 Å². The summed E-state index contributed by atoms with van der Waals surface area (Å²) in [4.78, 5) is 52.3. The topological polar surface area (TPSA) is 98.8 Å². The van der Waals surface area contributed by atoms with Crippen LogP contribution in [0.1, 0.15) is 41.3 Å². The molecule has 8 nitrogen and oxygen atoms in total. The van der Waals surface area contributed by atoms with Gasteiger partial charge in [0.2, 0.25) is 11.8 Å². The van der Waals surface area contributed by atoms with Crippen molar-refractivity contribution in [2.75, 3.05) is 10.2 Å². The van der Waals surface area contributed by atoms with Crippen molar-refractivity contribution in [3.05, 3.63) is 58.9 Å². The number of para-hydroxylation sites is 1. The highest BCUT2D eigenvalue weighted by Gasteiger charge is 2.40.